The molecule has 7 nitrogen and oxygen atoms in total. The second kappa shape index (κ2) is 6.34. The van der Waals surface area contributed by atoms with Gasteiger partial charge in [-0.3, -0.25) is 4.90 Å². The van der Waals surface area contributed by atoms with E-state index in [0.717, 1.165) is 24.0 Å². The van der Waals surface area contributed by atoms with Crippen molar-refractivity contribution in [2.75, 3.05) is 32.1 Å². The number of anilines is 1. The van der Waals surface area contributed by atoms with Crippen LogP contribution in [0.15, 0.2) is 42.9 Å². The molecule has 3 heterocycles. The second-order valence-corrected chi connectivity index (χ2v) is 7.13. The van der Waals surface area contributed by atoms with Crippen LogP contribution in [0.25, 0.3) is 11.2 Å². The highest BCUT2D eigenvalue weighted by Gasteiger charge is 2.46. The summed E-state index contributed by atoms with van der Waals surface area (Å²) in [5.74, 6) is 0.621. The molecule has 0 bridgehead atoms. The Bertz CT molecular complexity index is 909. The number of likely N-dealkylation sites (N-methyl/N-ethyl adjacent to an activating group) is 1. The van der Waals surface area contributed by atoms with Crippen molar-refractivity contribution in [1.29, 1.82) is 0 Å². The molecule has 26 heavy (non-hydrogen) atoms. The lowest BCUT2D eigenvalue weighted by atomic mass is 9.77. The lowest BCUT2D eigenvalue weighted by Gasteiger charge is -2.49. The zero-order chi connectivity index (χ0) is 18.3. The number of piperidine rings is 1. The quantitative estimate of drug-likeness (QED) is 0.768. The van der Waals surface area contributed by atoms with Gasteiger partial charge in [0.1, 0.15) is 5.52 Å². The van der Waals surface area contributed by atoms with Crippen molar-refractivity contribution >= 4 is 17.1 Å². The first-order valence-corrected chi connectivity index (χ1v) is 8.82. The van der Waals surface area contributed by atoms with Crippen LogP contribution in [0.3, 0.4) is 0 Å². The molecular weight excluding hydrogens is 328 g/mol. The lowest BCUT2D eigenvalue weighted by Crippen LogP contribution is -2.60. The van der Waals surface area contributed by atoms with Crippen molar-refractivity contribution in [2.45, 2.75) is 18.1 Å². The highest BCUT2D eigenvalue weighted by Crippen LogP contribution is 2.38. The summed E-state index contributed by atoms with van der Waals surface area (Å²) in [6.07, 6.45) is 3.76. The van der Waals surface area contributed by atoms with Gasteiger partial charge in [0, 0.05) is 20.1 Å². The smallest absolute Gasteiger partial charge is 0.227 e. The Morgan fingerprint density at radius 1 is 1.19 bits per heavy atom. The summed E-state index contributed by atoms with van der Waals surface area (Å²) in [6, 6.07) is 10.2. The lowest BCUT2D eigenvalue weighted by molar-refractivity contribution is -0.0248. The molecule has 0 radical (unpaired) electrons. The monoisotopic (exact) mass is 352 g/mol. The van der Waals surface area contributed by atoms with Gasteiger partial charge in [-0.05, 0) is 26.1 Å². The van der Waals surface area contributed by atoms with E-state index in [4.69, 9.17) is 0 Å². The number of hydrogen-bond acceptors (Lipinski definition) is 6. The van der Waals surface area contributed by atoms with Gasteiger partial charge < -0.3 is 14.6 Å². The molecule has 1 aliphatic rings. The number of aliphatic hydroxyl groups excluding tert-OH is 1. The molecule has 0 spiro atoms. The highest BCUT2D eigenvalue weighted by atomic mass is 16.3. The average molecular weight is 352 g/mol. The number of hydrogen-bond donors (Lipinski definition) is 1. The Balaban J connectivity index is 1.64. The Morgan fingerprint density at radius 3 is 2.65 bits per heavy atom. The van der Waals surface area contributed by atoms with E-state index in [-0.39, 0.29) is 0 Å². The van der Waals surface area contributed by atoms with Crippen molar-refractivity contribution in [3.05, 3.63) is 48.4 Å². The van der Waals surface area contributed by atoms with Gasteiger partial charge in [-0.15, -0.1) is 0 Å². The summed E-state index contributed by atoms with van der Waals surface area (Å²) >= 11 is 0. The maximum atomic E-state index is 11.1. The fourth-order valence-corrected chi connectivity index (χ4v) is 4.01. The summed E-state index contributed by atoms with van der Waals surface area (Å²) < 4.78 is 1.90. The zero-order valence-corrected chi connectivity index (χ0v) is 15.4. The van der Waals surface area contributed by atoms with E-state index in [9.17, 15) is 5.11 Å². The number of fused-ring (bicyclic) bond motifs is 1. The molecule has 3 aromatic rings. The Morgan fingerprint density at radius 2 is 1.96 bits per heavy atom. The first-order chi connectivity index (χ1) is 12.5. The number of aryl methyl sites for hydroxylation is 1. The number of aliphatic hydroxyl groups is 1. The maximum Gasteiger partial charge on any atom is 0.227 e. The molecule has 1 fully saturated rings. The first-order valence-electron chi connectivity index (χ1n) is 8.82. The van der Waals surface area contributed by atoms with E-state index in [1.165, 1.54) is 0 Å². The van der Waals surface area contributed by atoms with Crippen molar-refractivity contribution in [2.24, 2.45) is 7.05 Å². The molecule has 2 atom stereocenters. The molecule has 4 rings (SSSR count). The van der Waals surface area contributed by atoms with E-state index >= 15 is 0 Å². The van der Waals surface area contributed by atoms with Gasteiger partial charge in [0.2, 0.25) is 5.95 Å². The van der Waals surface area contributed by atoms with Gasteiger partial charge in [0.15, 0.2) is 5.65 Å². The van der Waals surface area contributed by atoms with Crippen molar-refractivity contribution in [1.82, 2.24) is 24.4 Å². The van der Waals surface area contributed by atoms with Crippen molar-refractivity contribution in [3.8, 4) is 0 Å². The maximum absolute atomic E-state index is 11.1. The molecule has 0 amide bonds. The Labute approximate surface area is 152 Å². The minimum absolute atomic E-state index is 0.410. The third kappa shape index (κ3) is 2.55. The van der Waals surface area contributed by atoms with E-state index in [1.54, 1.807) is 12.5 Å². The molecule has 1 aromatic carbocycles. The number of nitrogens with zero attached hydrogens (tertiary/aromatic N) is 6. The van der Waals surface area contributed by atoms with Gasteiger partial charge >= 0.3 is 0 Å². The highest BCUT2D eigenvalue weighted by molar-refractivity contribution is 5.71. The summed E-state index contributed by atoms with van der Waals surface area (Å²) in [5, 5.41) is 11.1. The minimum Gasteiger partial charge on any atom is -0.389 e. The van der Waals surface area contributed by atoms with E-state index in [2.05, 4.69) is 32.0 Å². The minimum atomic E-state index is -0.559. The standard InChI is InChI=1S/C19H24N6O/c1-23(2)19(14-7-5-4-6-8-14)9-10-25(12-16(19)26)18-20-11-15-17(22-18)21-13-24(15)3/h4-8,11,13,16,26H,9-10,12H2,1-3H3/t16-,19+/m1/s1. The first kappa shape index (κ1) is 16.9. The third-order valence-corrected chi connectivity index (χ3v) is 5.53. The molecule has 1 N–H and O–H groups in total. The number of aromatic nitrogens is 4. The number of rotatable bonds is 3. The van der Waals surface area contributed by atoms with Gasteiger partial charge in [0.25, 0.3) is 0 Å². The molecule has 1 saturated heterocycles. The Hall–Kier alpha value is -2.51. The predicted molar refractivity (Wildman–Crippen MR) is 101 cm³/mol. The molecule has 0 unspecified atom stereocenters. The van der Waals surface area contributed by atoms with Gasteiger partial charge in [-0.1, -0.05) is 30.3 Å². The van der Waals surface area contributed by atoms with E-state index < -0.39 is 11.6 Å². The molecule has 0 aliphatic carbocycles. The van der Waals surface area contributed by atoms with Crippen LogP contribution in [-0.4, -0.2) is 62.8 Å². The van der Waals surface area contributed by atoms with Crippen LogP contribution in [0, 0.1) is 0 Å². The fraction of sp³-hybridized carbons (Fsp3) is 0.421. The van der Waals surface area contributed by atoms with Crippen LogP contribution in [0.5, 0.6) is 0 Å². The zero-order valence-electron chi connectivity index (χ0n) is 15.4. The second-order valence-electron chi connectivity index (χ2n) is 7.13. The molecule has 0 saturated carbocycles. The SMILES string of the molecule is CN(C)[C@]1(c2ccccc2)CCN(c2ncc3c(ncn3C)n2)C[C@H]1O. The number of β-amino-alcohol motifs (C(OH)–C–C–N with tert-alkyl or cyclic N) is 1. The number of benzene rings is 1. The van der Waals surface area contributed by atoms with Gasteiger partial charge in [0.05, 0.1) is 24.2 Å². The average Bonchev–Trinajstić information content (AvgIpc) is 3.02. The van der Waals surface area contributed by atoms with Crippen molar-refractivity contribution in [3.63, 3.8) is 0 Å². The summed E-state index contributed by atoms with van der Waals surface area (Å²) in [4.78, 5) is 17.6. The molecule has 2 aromatic heterocycles. The summed E-state index contributed by atoms with van der Waals surface area (Å²) in [7, 11) is 5.99. The van der Waals surface area contributed by atoms with Crippen LogP contribution in [0.4, 0.5) is 5.95 Å². The number of imidazole rings is 1. The molecule has 7 heteroatoms. The molecule has 1 aliphatic heterocycles. The van der Waals surface area contributed by atoms with Crippen LogP contribution in [-0.2, 0) is 12.6 Å². The molecule has 136 valence electrons. The summed E-state index contributed by atoms with van der Waals surface area (Å²) in [6.45, 7) is 1.24. The van der Waals surface area contributed by atoms with Crippen LogP contribution < -0.4 is 4.90 Å². The largest absolute Gasteiger partial charge is 0.389 e. The van der Waals surface area contributed by atoms with Crippen LogP contribution in [0.2, 0.25) is 0 Å². The predicted octanol–water partition coefficient (Wildman–Crippen LogP) is 1.39. The van der Waals surface area contributed by atoms with Crippen molar-refractivity contribution < 1.29 is 5.11 Å². The van der Waals surface area contributed by atoms with E-state index in [1.807, 2.05) is 48.8 Å². The third-order valence-electron chi connectivity index (χ3n) is 5.53. The van der Waals surface area contributed by atoms with Crippen LogP contribution in [0.1, 0.15) is 12.0 Å². The summed E-state index contributed by atoms with van der Waals surface area (Å²) in [5.41, 5.74) is 2.31. The van der Waals surface area contributed by atoms with E-state index in [0.29, 0.717) is 18.1 Å². The van der Waals surface area contributed by atoms with Gasteiger partial charge in [-0.2, -0.15) is 4.98 Å². The fourth-order valence-electron chi connectivity index (χ4n) is 4.01. The topological polar surface area (TPSA) is 70.3 Å². The Kier molecular flexibility index (Phi) is 4.13. The molecular formula is C19H24N6O. The normalized spacial score (nSPS) is 23.7. The van der Waals surface area contributed by atoms with Crippen LogP contribution >= 0.6 is 0 Å². The van der Waals surface area contributed by atoms with Gasteiger partial charge in [-0.25, -0.2) is 9.97 Å².